The average molecular weight is 333 g/mol. The Morgan fingerprint density at radius 1 is 1.33 bits per heavy atom. The molecule has 0 radical (unpaired) electrons. The van der Waals surface area contributed by atoms with Crippen LogP contribution in [0.15, 0.2) is 30.3 Å². The predicted octanol–water partition coefficient (Wildman–Crippen LogP) is 1.98. The lowest BCUT2D eigenvalue weighted by atomic mass is 10.2. The number of likely N-dealkylation sites (tertiary alicyclic amines) is 1. The van der Waals surface area contributed by atoms with Crippen molar-refractivity contribution in [1.82, 2.24) is 9.80 Å². The first kappa shape index (κ1) is 18.3. The van der Waals surface area contributed by atoms with E-state index in [1.165, 1.54) is 0 Å². The lowest BCUT2D eigenvalue weighted by Gasteiger charge is -2.32. The maximum absolute atomic E-state index is 12.4. The third-order valence-corrected chi connectivity index (χ3v) is 4.34. The van der Waals surface area contributed by atoms with E-state index in [-0.39, 0.29) is 37.2 Å². The number of rotatable bonds is 6. The molecule has 2 N–H and O–H groups in total. The molecule has 6 nitrogen and oxygen atoms in total. The summed E-state index contributed by atoms with van der Waals surface area (Å²) in [5.74, 6) is -0.0884. The average Bonchev–Trinajstić information content (AvgIpc) is 3.06. The van der Waals surface area contributed by atoms with Gasteiger partial charge in [-0.2, -0.15) is 0 Å². The van der Waals surface area contributed by atoms with Gasteiger partial charge in [0.05, 0.1) is 12.6 Å². The molecule has 1 aromatic carbocycles. The van der Waals surface area contributed by atoms with Crippen molar-refractivity contribution in [3.05, 3.63) is 35.9 Å². The van der Waals surface area contributed by atoms with E-state index in [1.54, 1.807) is 9.80 Å². The molecule has 1 atom stereocenters. The molecule has 1 aromatic rings. The number of amides is 2. The molecule has 2 amide bonds. The van der Waals surface area contributed by atoms with Crippen LogP contribution in [0.25, 0.3) is 0 Å². The second kappa shape index (κ2) is 8.68. The fraction of sp³-hybridized carbons (Fsp3) is 0.556. The van der Waals surface area contributed by atoms with Crippen molar-refractivity contribution >= 4 is 12.0 Å². The van der Waals surface area contributed by atoms with E-state index in [4.69, 9.17) is 10.5 Å². The lowest BCUT2D eigenvalue weighted by Crippen LogP contribution is -2.49. The molecular formula is C18H27N3O3. The van der Waals surface area contributed by atoms with Crippen LogP contribution in [0.5, 0.6) is 0 Å². The van der Waals surface area contributed by atoms with E-state index in [0.29, 0.717) is 13.1 Å². The quantitative estimate of drug-likeness (QED) is 0.864. The Morgan fingerprint density at radius 2 is 2.04 bits per heavy atom. The molecule has 1 fully saturated rings. The monoisotopic (exact) mass is 333 g/mol. The maximum Gasteiger partial charge on any atom is 0.410 e. The van der Waals surface area contributed by atoms with Crippen molar-refractivity contribution in [2.75, 3.05) is 19.6 Å². The molecule has 0 aromatic heterocycles. The lowest BCUT2D eigenvalue weighted by molar-refractivity contribution is -0.132. The van der Waals surface area contributed by atoms with E-state index in [2.05, 4.69) is 0 Å². The summed E-state index contributed by atoms with van der Waals surface area (Å²) < 4.78 is 5.43. The highest BCUT2D eigenvalue weighted by molar-refractivity contribution is 5.78. The fourth-order valence-electron chi connectivity index (χ4n) is 3.01. The molecule has 0 spiro atoms. The van der Waals surface area contributed by atoms with E-state index in [9.17, 15) is 9.59 Å². The van der Waals surface area contributed by atoms with Gasteiger partial charge in [-0.3, -0.25) is 4.79 Å². The number of carbonyl (C=O) groups excluding carboxylic acids is 2. The molecule has 132 valence electrons. The molecule has 0 saturated carbocycles. The maximum atomic E-state index is 12.4. The zero-order valence-electron chi connectivity index (χ0n) is 14.5. The standard InChI is InChI=1S/C18H27N3O3/c1-14(2)21(17(22)11-19)12-16-9-6-10-20(16)18(23)24-13-15-7-4-3-5-8-15/h3-5,7-8,14,16H,6,9-13,19H2,1-2H3. The molecule has 1 saturated heterocycles. The fourth-order valence-corrected chi connectivity index (χ4v) is 3.01. The smallest absolute Gasteiger partial charge is 0.410 e. The van der Waals surface area contributed by atoms with Crippen LogP contribution in [0.1, 0.15) is 32.3 Å². The number of carbonyl (C=O) groups is 2. The minimum Gasteiger partial charge on any atom is -0.445 e. The van der Waals surface area contributed by atoms with Crippen molar-refractivity contribution in [3.8, 4) is 0 Å². The summed E-state index contributed by atoms with van der Waals surface area (Å²) in [6.45, 7) is 5.35. The number of ether oxygens (including phenoxy) is 1. The van der Waals surface area contributed by atoms with Gasteiger partial charge in [-0.05, 0) is 32.3 Å². The highest BCUT2D eigenvalue weighted by Crippen LogP contribution is 2.20. The van der Waals surface area contributed by atoms with Crippen LogP contribution in [0.2, 0.25) is 0 Å². The summed E-state index contributed by atoms with van der Waals surface area (Å²) >= 11 is 0. The number of benzene rings is 1. The second-order valence-corrected chi connectivity index (χ2v) is 6.37. The minimum atomic E-state index is -0.315. The van der Waals surface area contributed by atoms with E-state index in [0.717, 1.165) is 18.4 Å². The van der Waals surface area contributed by atoms with Gasteiger partial charge in [0, 0.05) is 19.1 Å². The van der Waals surface area contributed by atoms with Crippen molar-refractivity contribution < 1.29 is 14.3 Å². The zero-order chi connectivity index (χ0) is 17.5. The Morgan fingerprint density at radius 3 is 2.67 bits per heavy atom. The van der Waals surface area contributed by atoms with Crippen LogP contribution in [0, 0.1) is 0 Å². The van der Waals surface area contributed by atoms with Crippen LogP contribution in [-0.2, 0) is 16.1 Å². The molecule has 1 heterocycles. The van der Waals surface area contributed by atoms with Crippen molar-refractivity contribution in [2.45, 2.75) is 45.4 Å². The summed E-state index contributed by atoms with van der Waals surface area (Å²) in [6, 6.07) is 9.66. The van der Waals surface area contributed by atoms with Gasteiger partial charge in [0.25, 0.3) is 0 Å². The van der Waals surface area contributed by atoms with E-state index >= 15 is 0 Å². The number of hydrogen-bond acceptors (Lipinski definition) is 4. The Bertz CT molecular complexity index is 548. The molecule has 1 aliphatic heterocycles. The second-order valence-electron chi connectivity index (χ2n) is 6.37. The SMILES string of the molecule is CC(C)N(CC1CCCN1C(=O)OCc1ccccc1)C(=O)CN. The summed E-state index contributed by atoms with van der Waals surface area (Å²) in [4.78, 5) is 27.9. The molecular weight excluding hydrogens is 306 g/mol. The summed E-state index contributed by atoms with van der Waals surface area (Å²) in [7, 11) is 0. The van der Waals surface area contributed by atoms with Crippen LogP contribution >= 0.6 is 0 Å². The van der Waals surface area contributed by atoms with Crippen LogP contribution < -0.4 is 5.73 Å². The van der Waals surface area contributed by atoms with Crippen molar-refractivity contribution in [1.29, 1.82) is 0 Å². The molecule has 1 aliphatic rings. The van der Waals surface area contributed by atoms with Crippen molar-refractivity contribution in [2.24, 2.45) is 5.73 Å². The van der Waals surface area contributed by atoms with E-state index in [1.807, 2.05) is 44.2 Å². The van der Waals surface area contributed by atoms with Gasteiger partial charge in [-0.1, -0.05) is 30.3 Å². The van der Waals surface area contributed by atoms with E-state index < -0.39 is 0 Å². The number of nitrogens with zero attached hydrogens (tertiary/aromatic N) is 2. The third-order valence-electron chi connectivity index (χ3n) is 4.34. The molecule has 6 heteroatoms. The van der Waals surface area contributed by atoms with Crippen LogP contribution in [-0.4, -0.2) is 53.5 Å². The number of nitrogens with two attached hydrogens (primary N) is 1. The molecule has 1 unspecified atom stereocenters. The van der Waals surface area contributed by atoms with Gasteiger partial charge < -0.3 is 20.3 Å². The van der Waals surface area contributed by atoms with Gasteiger partial charge >= 0.3 is 6.09 Å². The Kier molecular flexibility index (Phi) is 6.61. The predicted molar refractivity (Wildman–Crippen MR) is 92.3 cm³/mol. The normalized spacial score (nSPS) is 17.2. The Balaban J connectivity index is 1.93. The first-order valence-corrected chi connectivity index (χ1v) is 8.49. The number of hydrogen-bond donors (Lipinski definition) is 1. The van der Waals surface area contributed by atoms with Gasteiger partial charge in [0.1, 0.15) is 6.61 Å². The van der Waals surface area contributed by atoms with Gasteiger partial charge in [0.2, 0.25) is 5.91 Å². The zero-order valence-corrected chi connectivity index (χ0v) is 14.5. The summed E-state index contributed by atoms with van der Waals surface area (Å²) in [5.41, 5.74) is 6.46. The molecule has 0 aliphatic carbocycles. The summed E-state index contributed by atoms with van der Waals surface area (Å²) in [5, 5.41) is 0. The topological polar surface area (TPSA) is 75.9 Å². The molecule has 0 bridgehead atoms. The first-order chi connectivity index (χ1) is 11.5. The summed E-state index contributed by atoms with van der Waals surface area (Å²) in [6.07, 6.45) is 1.49. The van der Waals surface area contributed by atoms with Crippen LogP contribution in [0.4, 0.5) is 4.79 Å². The molecule has 2 rings (SSSR count). The highest BCUT2D eigenvalue weighted by atomic mass is 16.6. The highest BCUT2D eigenvalue weighted by Gasteiger charge is 2.32. The van der Waals surface area contributed by atoms with Crippen LogP contribution in [0.3, 0.4) is 0 Å². The Labute approximate surface area is 143 Å². The largest absolute Gasteiger partial charge is 0.445 e. The van der Waals surface area contributed by atoms with Gasteiger partial charge in [-0.15, -0.1) is 0 Å². The third kappa shape index (κ3) is 4.71. The van der Waals surface area contributed by atoms with Gasteiger partial charge in [0.15, 0.2) is 0 Å². The minimum absolute atomic E-state index is 0.00817. The van der Waals surface area contributed by atoms with Crippen molar-refractivity contribution in [3.63, 3.8) is 0 Å². The first-order valence-electron chi connectivity index (χ1n) is 8.49. The molecule has 24 heavy (non-hydrogen) atoms. The van der Waals surface area contributed by atoms with Gasteiger partial charge in [-0.25, -0.2) is 4.79 Å². The Hall–Kier alpha value is -2.08.